The molecule has 18 heavy (non-hydrogen) atoms. The Hall–Kier alpha value is -1.82. The van der Waals surface area contributed by atoms with E-state index in [-0.39, 0.29) is 17.7 Å². The summed E-state index contributed by atoms with van der Waals surface area (Å²) >= 11 is 0. The van der Waals surface area contributed by atoms with Crippen LogP contribution in [0.5, 0.6) is 0 Å². The monoisotopic (exact) mass is 254 g/mol. The maximum Gasteiger partial charge on any atom is 0.371 e. The molecule has 0 aliphatic carbocycles. The van der Waals surface area contributed by atoms with Gasteiger partial charge < -0.3 is 20.2 Å². The Kier molecular flexibility index (Phi) is 4.91. The van der Waals surface area contributed by atoms with Crippen molar-refractivity contribution in [2.75, 3.05) is 6.54 Å². The third-order valence-corrected chi connectivity index (χ3v) is 2.57. The van der Waals surface area contributed by atoms with Gasteiger partial charge in [-0.1, -0.05) is 0 Å². The number of carboxylic acid groups (broad SMARTS) is 1. The van der Waals surface area contributed by atoms with Crippen LogP contribution >= 0.6 is 0 Å². The lowest BCUT2D eigenvalue weighted by Crippen LogP contribution is -2.41. The number of rotatable bonds is 6. The van der Waals surface area contributed by atoms with Crippen molar-refractivity contribution in [2.45, 2.75) is 33.4 Å². The summed E-state index contributed by atoms with van der Waals surface area (Å²) in [6.45, 7) is 6.27. The summed E-state index contributed by atoms with van der Waals surface area (Å²) in [6.07, 6.45) is 0. The molecule has 0 saturated carbocycles. The van der Waals surface area contributed by atoms with Gasteiger partial charge in [0.1, 0.15) is 5.76 Å². The van der Waals surface area contributed by atoms with Crippen LogP contribution in [0.2, 0.25) is 0 Å². The summed E-state index contributed by atoms with van der Waals surface area (Å²) < 4.78 is 5.08. The molecule has 0 spiro atoms. The molecule has 1 unspecified atom stereocenters. The number of amides is 1. The number of hydrogen-bond donors (Lipinski definition) is 3. The lowest BCUT2D eigenvalue weighted by Gasteiger charge is -2.12. The molecular formula is C12H18N2O4. The fraction of sp³-hybridized carbons (Fsp3) is 0.500. The smallest absolute Gasteiger partial charge is 0.371 e. The zero-order valence-electron chi connectivity index (χ0n) is 10.7. The molecular weight excluding hydrogens is 236 g/mol. The average molecular weight is 254 g/mol. The maximum atomic E-state index is 11.5. The second kappa shape index (κ2) is 6.20. The van der Waals surface area contributed by atoms with Crippen LogP contribution in [0.1, 0.15) is 35.7 Å². The molecule has 3 N–H and O–H groups in total. The van der Waals surface area contributed by atoms with Crippen LogP contribution in [-0.4, -0.2) is 29.6 Å². The number of nitrogens with one attached hydrogen (secondary N) is 2. The number of aryl methyl sites for hydroxylation is 1. The Balaban J connectivity index is 2.58. The second-order valence-electron chi connectivity index (χ2n) is 3.99. The van der Waals surface area contributed by atoms with Crippen molar-refractivity contribution in [1.29, 1.82) is 0 Å². The first-order valence-electron chi connectivity index (χ1n) is 5.79. The van der Waals surface area contributed by atoms with Crippen LogP contribution in [0, 0.1) is 6.92 Å². The van der Waals surface area contributed by atoms with E-state index in [2.05, 4.69) is 10.6 Å². The molecule has 0 radical (unpaired) electrons. The highest BCUT2D eigenvalue weighted by Crippen LogP contribution is 2.14. The van der Waals surface area contributed by atoms with E-state index in [4.69, 9.17) is 9.52 Å². The van der Waals surface area contributed by atoms with Gasteiger partial charge in [-0.15, -0.1) is 0 Å². The standard InChI is InChI=1S/C12H18N2O4/c1-4-13-11(15)7(2)14-6-9-5-10(12(16)17)18-8(9)3/h5,7,14H,4,6H2,1-3H3,(H,13,15)(H,16,17). The Morgan fingerprint density at radius 1 is 1.50 bits per heavy atom. The van der Waals surface area contributed by atoms with E-state index in [1.54, 1.807) is 13.8 Å². The van der Waals surface area contributed by atoms with E-state index < -0.39 is 5.97 Å². The third kappa shape index (κ3) is 3.59. The van der Waals surface area contributed by atoms with Gasteiger partial charge in [0.15, 0.2) is 0 Å². The molecule has 0 aliphatic heterocycles. The first-order valence-corrected chi connectivity index (χ1v) is 5.79. The fourth-order valence-corrected chi connectivity index (χ4v) is 1.48. The minimum Gasteiger partial charge on any atom is -0.475 e. The van der Waals surface area contributed by atoms with Crippen LogP contribution in [0.4, 0.5) is 0 Å². The van der Waals surface area contributed by atoms with E-state index in [1.165, 1.54) is 6.07 Å². The fourth-order valence-electron chi connectivity index (χ4n) is 1.48. The molecule has 0 bridgehead atoms. The van der Waals surface area contributed by atoms with Crippen molar-refractivity contribution >= 4 is 11.9 Å². The zero-order chi connectivity index (χ0) is 13.7. The topological polar surface area (TPSA) is 91.6 Å². The van der Waals surface area contributed by atoms with Crippen molar-refractivity contribution in [1.82, 2.24) is 10.6 Å². The Bertz CT molecular complexity index is 439. The first kappa shape index (κ1) is 14.2. The summed E-state index contributed by atoms with van der Waals surface area (Å²) in [5, 5.41) is 14.5. The molecule has 1 heterocycles. The van der Waals surface area contributed by atoms with Gasteiger partial charge in [0.25, 0.3) is 0 Å². The number of likely N-dealkylation sites (N-methyl/N-ethyl adjacent to an activating group) is 1. The summed E-state index contributed by atoms with van der Waals surface area (Å²) in [5.41, 5.74) is 0.739. The van der Waals surface area contributed by atoms with Gasteiger partial charge in [0, 0.05) is 18.7 Å². The van der Waals surface area contributed by atoms with Crippen molar-refractivity contribution in [3.05, 3.63) is 23.2 Å². The average Bonchev–Trinajstić information content (AvgIpc) is 2.68. The van der Waals surface area contributed by atoms with Crippen molar-refractivity contribution in [2.24, 2.45) is 0 Å². The quantitative estimate of drug-likeness (QED) is 0.701. The zero-order valence-corrected chi connectivity index (χ0v) is 10.7. The van der Waals surface area contributed by atoms with Crippen molar-refractivity contribution < 1.29 is 19.1 Å². The van der Waals surface area contributed by atoms with Gasteiger partial charge in [0.05, 0.1) is 6.04 Å². The molecule has 1 atom stereocenters. The Morgan fingerprint density at radius 2 is 2.17 bits per heavy atom. The largest absolute Gasteiger partial charge is 0.475 e. The number of furan rings is 1. The predicted octanol–water partition coefficient (Wildman–Crippen LogP) is 0.900. The van der Waals surface area contributed by atoms with Crippen LogP contribution in [-0.2, 0) is 11.3 Å². The second-order valence-corrected chi connectivity index (χ2v) is 3.99. The molecule has 1 rings (SSSR count). The van der Waals surface area contributed by atoms with E-state index in [1.807, 2.05) is 6.92 Å². The van der Waals surface area contributed by atoms with Gasteiger partial charge in [-0.2, -0.15) is 0 Å². The Morgan fingerprint density at radius 3 is 2.67 bits per heavy atom. The molecule has 1 aromatic rings. The van der Waals surface area contributed by atoms with Crippen molar-refractivity contribution in [3.8, 4) is 0 Å². The van der Waals surface area contributed by atoms with Gasteiger partial charge in [-0.3, -0.25) is 4.79 Å². The molecule has 1 aromatic heterocycles. The highest BCUT2D eigenvalue weighted by Gasteiger charge is 2.15. The number of hydrogen-bond acceptors (Lipinski definition) is 4. The molecule has 1 amide bonds. The number of aromatic carboxylic acids is 1. The van der Waals surface area contributed by atoms with E-state index in [0.29, 0.717) is 18.8 Å². The summed E-state index contributed by atoms with van der Waals surface area (Å²) in [6, 6.07) is 1.13. The molecule has 0 fully saturated rings. The van der Waals surface area contributed by atoms with Crippen LogP contribution in [0.15, 0.2) is 10.5 Å². The summed E-state index contributed by atoms with van der Waals surface area (Å²) in [5.74, 6) is -0.726. The first-order chi connectivity index (χ1) is 8.45. The van der Waals surface area contributed by atoms with Gasteiger partial charge in [-0.05, 0) is 26.8 Å². The summed E-state index contributed by atoms with van der Waals surface area (Å²) in [7, 11) is 0. The van der Waals surface area contributed by atoms with E-state index in [0.717, 1.165) is 5.56 Å². The van der Waals surface area contributed by atoms with E-state index in [9.17, 15) is 9.59 Å². The lowest BCUT2D eigenvalue weighted by molar-refractivity contribution is -0.122. The molecule has 100 valence electrons. The van der Waals surface area contributed by atoms with Crippen LogP contribution in [0.3, 0.4) is 0 Å². The van der Waals surface area contributed by atoms with Crippen LogP contribution < -0.4 is 10.6 Å². The van der Waals surface area contributed by atoms with Gasteiger partial charge >= 0.3 is 5.97 Å². The molecule has 0 saturated heterocycles. The third-order valence-electron chi connectivity index (χ3n) is 2.57. The maximum absolute atomic E-state index is 11.5. The summed E-state index contributed by atoms with van der Waals surface area (Å²) in [4.78, 5) is 22.2. The highest BCUT2D eigenvalue weighted by molar-refractivity contribution is 5.84. The molecule has 0 aliphatic rings. The van der Waals surface area contributed by atoms with Gasteiger partial charge in [0.2, 0.25) is 11.7 Å². The highest BCUT2D eigenvalue weighted by atomic mass is 16.4. The Labute approximate surface area is 105 Å². The van der Waals surface area contributed by atoms with Gasteiger partial charge in [-0.25, -0.2) is 4.79 Å². The van der Waals surface area contributed by atoms with Crippen molar-refractivity contribution in [3.63, 3.8) is 0 Å². The number of carbonyl (C=O) groups excluding carboxylic acids is 1. The molecule has 0 aromatic carbocycles. The minimum atomic E-state index is -1.10. The number of carbonyl (C=O) groups is 2. The van der Waals surface area contributed by atoms with Crippen LogP contribution in [0.25, 0.3) is 0 Å². The molecule has 6 heteroatoms. The normalized spacial score (nSPS) is 12.2. The number of carboxylic acids is 1. The predicted molar refractivity (Wildman–Crippen MR) is 65.4 cm³/mol. The lowest BCUT2D eigenvalue weighted by atomic mass is 10.2. The van der Waals surface area contributed by atoms with E-state index >= 15 is 0 Å². The molecule has 6 nitrogen and oxygen atoms in total. The SMILES string of the molecule is CCNC(=O)C(C)NCc1cc(C(=O)O)oc1C. The minimum absolute atomic E-state index is 0.0860.